The van der Waals surface area contributed by atoms with E-state index in [1.165, 1.54) is 0 Å². The third-order valence-electron chi connectivity index (χ3n) is 3.12. The molecule has 1 heterocycles. The van der Waals surface area contributed by atoms with Crippen LogP contribution in [0.2, 0.25) is 0 Å². The summed E-state index contributed by atoms with van der Waals surface area (Å²) in [6.45, 7) is 0.681. The number of rotatable bonds is 6. The van der Waals surface area contributed by atoms with Crippen molar-refractivity contribution < 1.29 is 19.5 Å². The molecule has 0 atom stereocenters. The molecule has 21 heavy (non-hydrogen) atoms. The second-order valence-corrected chi connectivity index (χ2v) is 4.57. The maximum Gasteiger partial charge on any atom is 0.314 e. The van der Waals surface area contributed by atoms with Gasteiger partial charge in [0.2, 0.25) is 0 Å². The summed E-state index contributed by atoms with van der Waals surface area (Å²) in [5, 5.41) is 13.7. The highest BCUT2D eigenvalue weighted by atomic mass is 16.3. The van der Waals surface area contributed by atoms with Crippen LogP contribution in [0.15, 0.2) is 24.3 Å². The summed E-state index contributed by atoms with van der Waals surface area (Å²) < 4.78 is 0. The van der Waals surface area contributed by atoms with Crippen LogP contribution < -0.4 is 10.6 Å². The molecule has 1 aromatic rings. The largest absolute Gasteiger partial charge is 0.396 e. The number of amides is 4. The van der Waals surface area contributed by atoms with E-state index < -0.39 is 0 Å². The molecule has 0 aromatic heterocycles. The Labute approximate surface area is 121 Å². The van der Waals surface area contributed by atoms with Crippen LogP contribution in [0.1, 0.15) is 27.1 Å². The topological polar surface area (TPSA) is 98.7 Å². The van der Waals surface area contributed by atoms with Crippen molar-refractivity contribution in [3.63, 3.8) is 0 Å². The highest BCUT2D eigenvalue weighted by molar-refractivity contribution is 6.21. The van der Waals surface area contributed by atoms with Crippen LogP contribution in [0, 0.1) is 0 Å². The van der Waals surface area contributed by atoms with E-state index in [1.807, 2.05) is 0 Å². The van der Waals surface area contributed by atoms with Gasteiger partial charge in [-0.2, -0.15) is 0 Å². The first kappa shape index (κ1) is 15.0. The lowest BCUT2D eigenvalue weighted by Gasteiger charge is -2.14. The van der Waals surface area contributed by atoms with Gasteiger partial charge in [-0.05, 0) is 18.6 Å². The van der Waals surface area contributed by atoms with Gasteiger partial charge in [0, 0.05) is 26.2 Å². The number of nitrogens with one attached hydrogen (secondary N) is 2. The predicted octanol–water partition coefficient (Wildman–Crippen LogP) is -0.0358. The minimum Gasteiger partial charge on any atom is -0.396 e. The number of hydrogen-bond acceptors (Lipinski definition) is 4. The van der Waals surface area contributed by atoms with Crippen molar-refractivity contribution in [1.29, 1.82) is 0 Å². The fraction of sp³-hybridized carbons (Fsp3) is 0.357. The Hall–Kier alpha value is -2.41. The molecule has 0 bridgehead atoms. The summed E-state index contributed by atoms with van der Waals surface area (Å²) in [6, 6.07) is 6.26. The number of fused-ring (bicyclic) bond motifs is 1. The molecule has 112 valence electrons. The van der Waals surface area contributed by atoms with Gasteiger partial charge in [0.25, 0.3) is 11.8 Å². The molecule has 0 saturated carbocycles. The Morgan fingerprint density at radius 2 is 1.62 bits per heavy atom. The van der Waals surface area contributed by atoms with Crippen LogP contribution >= 0.6 is 0 Å². The first-order valence-corrected chi connectivity index (χ1v) is 6.73. The number of imide groups is 1. The zero-order valence-corrected chi connectivity index (χ0v) is 11.5. The molecular formula is C14H17N3O4. The number of benzene rings is 1. The van der Waals surface area contributed by atoms with Crippen LogP contribution in [0.4, 0.5) is 4.79 Å². The third-order valence-corrected chi connectivity index (χ3v) is 3.12. The standard InChI is InChI=1S/C14H17N3O4/c18-9-3-6-15-14(21)16-7-8-17-12(19)10-4-1-2-5-11(10)13(17)20/h1-2,4-5,18H,3,6-9H2,(H2,15,16,21). The van der Waals surface area contributed by atoms with Crippen LogP contribution in [0.5, 0.6) is 0 Å². The molecule has 1 aliphatic rings. The average molecular weight is 291 g/mol. The second kappa shape index (κ2) is 6.85. The van der Waals surface area contributed by atoms with Crippen LogP contribution in [0.25, 0.3) is 0 Å². The molecule has 0 saturated heterocycles. The predicted molar refractivity (Wildman–Crippen MR) is 74.9 cm³/mol. The fourth-order valence-corrected chi connectivity index (χ4v) is 2.07. The lowest BCUT2D eigenvalue weighted by atomic mass is 10.1. The van der Waals surface area contributed by atoms with Gasteiger partial charge in [0.1, 0.15) is 0 Å². The minimum atomic E-state index is -0.389. The molecule has 1 aromatic carbocycles. The molecule has 2 rings (SSSR count). The van der Waals surface area contributed by atoms with Crippen molar-refractivity contribution in [2.45, 2.75) is 6.42 Å². The van der Waals surface area contributed by atoms with Gasteiger partial charge in [-0.3, -0.25) is 14.5 Å². The molecule has 0 unspecified atom stereocenters. The number of carbonyl (C=O) groups excluding carboxylic acids is 3. The van der Waals surface area contributed by atoms with Crippen LogP contribution in [-0.2, 0) is 0 Å². The maximum absolute atomic E-state index is 12.0. The highest BCUT2D eigenvalue weighted by Gasteiger charge is 2.34. The Morgan fingerprint density at radius 1 is 1.05 bits per heavy atom. The number of nitrogens with zero attached hydrogens (tertiary/aromatic N) is 1. The quantitative estimate of drug-likeness (QED) is 0.506. The summed E-state index contributed by atoms with van der Waals surface area (Å²) >= 11 is 0. The molecule has 0 spiro atoms. The first-order valence-electron chi connectivity index (χ1n) is 6.73. The van der Waals surface area contributed by atoms with Gasteiger partial charge in [-0.15, -0.1) is 0 Å². The molecule has 0 fully saturated rings. The molecule has 1 aliphatic heterocycles. The van der Waals surface area contributed by atoms with Gasteiger partial charge in [0.15, 0.2) is 0 Å². The van der Waals surface area contributed by atoms with E-state index >= 15 is 0 Å². The summed E-state index contributed by atoms with van der Waals surface area (Å²) in [5.41, 5.74) is 0.796. The van der Waals surface area contributed by atoms with Crippen molar-refractivity contribution in [3.05, 3.63) is 35.4 Å². The van der Waals surface area contributed by atoms with Gasteiger partial charge in [-0.25, -0.2) is 4.79 Å². The van der Waals surface area contributed by atoms with E-state index in [9.17, 15) is 14.4 Å². The Bertz CT molecular complexity index is 524. The molecule has 7 heteroatoms. The van der Waals surface area contributed by atoms with Crippen molar-refractivity contribution in [2.24, 2.45) is 0 Å². The summed E-state index contributed by atoms with van der Waals surface area (Å²) in [6.07, 6.45) is 0.478. The summed E-state index contributed by atoms with van der Waals surface area (Å²) in [4.78, 5) is 36.6. The Kier molecular flexibility index (Phi) is 4.89. The number of hydrogen-bond donors (Lipinski definition) is 3. The van der Waals surface area contributed by atoms with Gasteiger partial charge < -0.3 is 15.7 Å². The van der Waals surface area contributed by atoms with E-state index in [1.54, 1.807) is 24.3 Å². The Balaban J connectivity index is 1.81. The minimum absolute atomic E-state index is 0.00925. The number of carbonyl (C=O) groups is 3. The molecule has 3 N–H and O–H groups in total. The highest BCUT2D eigenvalue weighted by Crippen LogP contribution is 2.21. The lowest BCUT2D eigenvalue weighted by Crippen LogP contribution is -2.42. The normalized spacial score (nSPS) is 13.3. The van der Waals surface area contributed by atoms with Crippen molar-refractivity contribution in [2.75, 3.05) is 26.2 Å². The van der Waals surface area contributed by atoms with Crippen LogP contribution in [-0.4, -0.2) is 54.1 Å². The maximum atomic E-state index is 12.0. The van der Waals surface area contributed by atoms with Crippen LogP contribution in [0.3, 0.4) is 0 Å². The van der Waals surface area contributed by atoms with E-state index in [-0.39, 0.29) is 37.5 Å². The van der Waals surface area contributed by atoms with Gasteiger partial charge >= 0.3 is 6.03 Å². The first-order chi connectivity index (χ1) is 10.1. The van der Waals surface area contributed by atoms with E-state index in [0.29, 0.717) is 24.1 Å². The zero-order valence-electron chi connectivity index (χ0n) is 11.5. The molecular weight excluding hydrogens is 274 g/mol. The van der Waals surface area contributed by atoms with Gasteiger partial charge in [-0.1, -0.05) is 12.1 Å². The molecule has 0 aliphatic carbocycles. The SMILES string of the molecule is O=C(NCCCO)NCCN1C(=O)c2ccccc2C1=O. The summed E-state index contributed by atoms with van der Waals surface area (Å²) in [7, 11) is 0. The molecule has 0 radical (unpaired) electrons. The van der Waals surface area contributed by atoms with E-state index in [0.717, 1.165) is 4.90 Å². The van der Waals surface area contributed by atoms with Gasteiger partial charge in [0.05, 0.1) is 11.1 Å². The number of aliphatic hydroxyl groups excluding tert-OH is 1. The smallest absolute Gasteiger partial charge is 0.314 e. The molecule has 4 amide bonds. The number of urea groups is 1. The monoisotopic (exact) mass is 291 g/mol. The third kappa shape index (κ3) is 3.38. The Morgan fingerprint density at radius 3 is 2.19 bits per heavy atom. The van der Waals surface area contributed by atoms with Crippen molar-refractivity contribution in [1.82, 2.24) is 15.5 Å². The second-order valence-electron chi connectivity index (χ2n) is 4.57. The lowest BCUT2D eigenvalue weighted by molar-refractivity contribution is 0.0656. The van der Waals surface area contributed by atoms with Crippen molar-refractivity contribution >= 4 is 17.8 Å². The van der Waals surface area contributed by atoms with Crippen molar-refractivity contribution in [3.8, 4) is 0 Å². The van der Waals surface area contributed by atoms with E-state index in [2.05, 4.69) is 10.6 Å². The fourth-order valence-electron chi connectivity index (χ4n) is 2.07. The number of aliphatic hydroxyl groups is 1. The average Bonchev–Trinajstić information content (AvgIpc) is 2.73. The van der Waals surface area contributed by atoms with E-state index in [4.69, 9.17) is 5.11 Å². The zero-order chi connectivity index (χ0) is 15.2. The summed E-state index contributed by atoms with van der Waals surface area (Å²) in [5.74, 6) is -0.670. The molecule has 7 nitrogen and oxygen atoms in total.